The zero-order valence-corrected chi connectivity index (χ0v) is 16.8. The Labute approximate surface area is 171 Å². The molecule has 1 aromatic rings. The highest BCUT2D eigenvalue weighted by Gasteiger charge is 2.31. The van der Waals surface area contributed by atoms with Crippen molar-refractivity contribution in [1.82, 2.24) is 15.1 Å². The third-order valence-corrected chi connectivity index (χ3v) is 6.20. The Hall–Kier alpha value is -1.99. The summed E-state index contributed by atoms with van der Waals surface area (Å²) in [6.07, 6.45) is 4.81. The van der Waals surface area contributed by atoms with E-state index < -0.39 is 5.82 Å². The van der Waals surface area contributed by atoms with Crippen LogP contribution in [-0.4, -0.2) is 73.6 Å². The number of ether oxygens (including phenoxy) is 1. The van der Waals surface area contributed by atoms with Gasteiger partial charge < -0.3 is 19.9 Å². The summed E-state index contributed by atoms with van der Waals surface area (Å²) in [5.74, 6) is 0.718. The van der Waals surface area contributed by atoms with Crippen molar-refractivity contribution in [2.24, 2.45) is 11.8 Å². The first-order chi connectivity index (χ1) is 14.1. The van der Waals surface area contributed by atoms with Crippen molar-refractivity contribution in [3.05, 3.63) is 35.6 Å². The van der Waals surface area contributed by atoms with Crippen molar-refractivity contribution < 1.29 is 18.7 Å². The van der Waals surface area contributed by atoms with E-state index in [1.165, 1.54) is 37.6 Å². The Morgan fingerprint density at radius 1 is 1.14 bits per heavy atom. The number of carbonyl (C=O) groups is 2. The number of rotatable bonds is 7. The molecule has 4 rings (SSSR count). The van der Waals surface area contributed by atoms with Crippen LogP contribution in [-0.2, 0) is 9.53 Å². The van der Waals surface area contributed by atoms with Crippen molar-refractivity contribution in [1.29, 1.82) is 0 Å². The van der Waals surface area contributed by atoms with Crippen LogP contribution in [0.25, 0.3) is 0 Å². The van der Waals surface area contributed by atoms with Crippen molar-refractivity contribution >= 4 is 11.8 Å². The molecule has 0 radical (unpaired) electrons. The van der Waals surface area contributed by atoms with Gasteiger partial charge in [0, 0.05) is 31.7 Å². The second kappa shape index (κ2) is 9.22. The molecule has 2 aliphatic heterocycles. The van der Waals surface area contributed by atoms with Crippen LogP contribution < -0.4 is 5.32 Å². The first-order valence-corrected chi connectivity index (χ1v) is 10.7. The highest BCUT2D eigenvalue weighted by atomic mass is 19.1. The number of morpholine rings is 1. The molecule has 0 aromatic heterocycles. The first-order valence-electron chi connectivity index (χ1n) is 10.7. The quantitative estimate of drug-likeness (QED) is 0.756. The zero-order chi connectivity index (χ0) is 20.2. The molecule has 1 aliphatic carbocycles. The van der Waals surface area contributed by atoms with Gasteiger partial charge in [-0.05, 0) is 68.8 Å². The zero-order valence-electron chi connectivity index (χ0n) is 16.8. The molecule has 2 heterocycles. The highest BCUT2D eigenvalue weighted by molar-refractivity contribution is 5.94. The van der Waals surface area contributed by atoms with E-state index in [4.69, 9.17) is 4.74 Å². The lowest BCUT2D eigenvalue weighted by molar-refractivity contribution is -0.149. The van der Waals surface area contributed by atoms with Gasteiger partial charge >= 0.3 is 0 Å². The summed E-state index contributed by atoms with van der Waals surface area (Å²) in [7, 11) is 0. The molecule has 3 fully saturated rings. The number of halogens is 1. The fourth-order valence-electron chi connectivity index (χ4n) is 4.25. The average Bonchev–Trinajstić information content (AvgIpc) is 3.54. The minimum absolute atomic E-state index is 0.0260. The number of carbonyl (C=O) groups excluding carboxylic acids is 2. The molecule has 3 aliphatic rings. The number of hydrogen-bond donors (Lipinski definition) is 1. The van der Waals surface area contributed by atoms with E-state index in [1.807, 2.05) is 4.90 Å². The lowest BCUT2D eigenvalue weighted by Crippen LogP contribution is -2.52. The number of nitrogens with one attached hydrogen (secondary N) is 1. The maximum Gasteiger partial charge on any atom is 0.251 e. The predicted molar refractivity (Wildman–Crippen MR) is 107 cm³/mol. The van der Waals surface area contributed by atoms with E-state index in [0.717, 1.165) is 38.4 Å². The molecule has 2 saturated heterocycles. The number of benzene rings is 1. The Morgan fingerprint density at radius 2 is 1.90 bits per heavy atom. The van der Waals surface area contributed by atoms with Gasteiger partial charge in [-0.2, -0.15) is 0 Å². The van der Waals surface area contributed by atoms with Crippen LogP contribution in [0.1, 0.15) is 36.0 Å². The number of nitrogens with zero attached hydrogens (tertiary/aromatic N) is 2. The maximum absolute atomic E-state index is 13.3. The summed E-state index contributed by atoms with van der Waals surface area (Å²) in [4.78, 5) is 28.9. The second-order valence-electron chi connectivity index (χ2n) is 8.64. The third-order valence-electron chi connectivity index (χ3n) is 6.20. The van der Waals surface area contributed by atoms with E-state index >= 15 is 0 Å². The minimum atomic E-state index is -0.438. The van der Waals surface area contributed by atoms with Gasteiger partial charge in [-0.1, -0.05) is 6.07 Å². The molecule has 0 unspecified atom stereocenters. The highest BCUT2D eigenvalue weighted by Crippen LogP contribution is 2.31. The summed E-state index contributed by atoms with van der Waals surface area (Å²) < 4.78 is 18.9. The fraction of sp³-hybridized carbons (Fsp3) is 0.636. The SMILES string of the molecule is O=C(NC[C@@H]1CN(CC2CCN(CC3CC3)CC2)C(=O)CO1)c1cccc(F)c1. The topological polar surface area (TPSA) is 61.9 Å². The molecule has 1 atom stereocenters. The molecule has 0 spiro atoms. The number of hydrogen-bond acceptors (Lipinski definition) is 4. The first kappa shape index (κ1) is 20.3. The van der Waals surface area contributed by atoms with Crippen LogP contribution in [0.5, 0.6) is 0 Å². The second-order valence-corrected chi connectivity index (χ2v) is 8.64. The molecule has 158 valence electrons. The van der Waals surface area contributed by atoms with Gasteiger partial charge in [0.05, 0.1) is 6.10 Å². The summed E-state index contributed by atoms with van der Waals surface area (Å²) in [5, 5.41) is 2.79. The van der Waals surface area contributed by atoms with E-state index in [9.17, 15) is 14.0 Å². The van der Waals surface area contributed by atoms with Gasteiger partial charge in [0.1, 0.15) is 12.4 Å². The molecular weight excluding hydrogens is 373 g/mol. The van der Waals surface area contributed by atoms with E-state index in [1.54, 1.807) is 6.07 Å². The molecule has 29 heavy (non-hydrogen) atoms. The Bertz CT molecular complexity index is 732. The van der Waals surface area contributed by atoms with Crippen LogP contribution in [0.15, 0.2) is 24.3 Å². The van der Waals surface area contributed by atoms with Crippen LogP contribution >= 0.6 is 0 Å². The van der Waals surface area contributed by atoms with Gasteiger partial charge in [0.15, 0.2) is 0 Å². The number of amides is 2. The lowest BCUT2D eigenvalue weighted by atomic mass is 9.95. The fourth-order valence-corrected chi connectivity index (χ4v) is 4.25. The van der Waals surface area contributed by atoms with Crippen molar-refractivity contribution in [2.75, 3.05) is 45.9 Å². The normalized spacial score (nSPS) is 24.0. The van der Waals surface area contributed by atoms with Gasteiger partial charge in [-0.15, -0.1) is 0 Å². The summed E-state index contributed by atoms with van der Waals surface area (Å²) in [6.45, 7) is 5.13. The van der Waals surface area contributed by atoms with Gasteiger partial charge in [0.2, 0.25) is 5.91 Å². The van der Waals surface area contributed by atoms with E-state index in [2.05, 4.69) is 10.2 Å². The largest absolute Gasteiger partial charge is 0.365 e. The van der Waals surface area contributed by atoms with Gasteiger partial charge in [-0.25, -0.2) is 4.39 Å². The molecule has 1 N–H and O–H groups in total. The van der Waals surface area contributed by atoms with Crippen molar-refractivity contribution in [2.45, 2.75) is 31.8 Å². The van der Waals surface area contributed by atoms with Crippen molar-refractivity contribution in [3.63, 3.8) is 0 Å². The minimum Gasteiger partial charge on any atom is -0.365 e. The average molecular weight is 403 g/mol. The molecule has 2 amide bonds. The molecule has 1 aromatic carbocycles. The smallest absolute Gasteiger partial charge is 0.251 e. The summed E-state index contributed by atoms with van der Waals surface area (Å²) in [5.41, 5.74) is 0.284. The number of likely N-dealkylation sites (tertiary alicyclic amines) is 1. The Balaban J connectivity index is 1.21. The lowest BCUT2D eigenvalue weighted by Gasteiger charge is -2.38. The Kier molecular flexibility index (Phi) is 6.45. The number of piperidine rings is 1. The van der Waals surface area contributed by atoms with Gasteiger partial charge in [-0.3, -0.25) is 9.59 Å². The van der Waals surface area contributed by atoms with Gasteiger partial charge in [0.25, 0.3) is 5.91 Å². The van der Waals surface area contributed by atoms with E-state index in [-0.39, 0.29) is 30.1 Å². The molecular formula is C22H30FN3O3. The third kappa shape index (κ3) is 5.76. The van der Waals surface area contributed by atoms with Crippen LogP contribution in [0, 0.1) is 17.7 Å². The summed E-state index contributed by atoms with van der Waals surface area (Å²) in [6, 6.07) is 5.60. The van der Waals surface area contributed by atoms with Crippen LogP contribution in [0.4, 0.5) is 4.39 Å². The van der Waals surface area contributed by atoms with Crippen LogP contribution in [0.2, 0.25) is 0 Å². The van der Waals surface area contributed by atoms with Crippen molar-refractivity contribution in [3.8, 4) is 0 Å². The molecule has 1 saturated carbocycles. The monoisotopic (exact) mass is 403 g/mol. The standard InChI is InChI=1S/C22H30FN3O3/c23-19-3-1-2-18(10-19)22(28)24-11-20-14-26(21(27)15-29-20)13-17-6-8-25(9-7-17)12-16-4-5-16/h1-3,10,16-17,20H,4-9,11-15H2,(H,24,28)/t20-/m1/s1. The van der Waals surface area contributed by atoms with Crippen LogP contribution in [0.3, 0.4) is 0 Å². The molecule has 0 bridgehead atoms. The predicted octanol–water partition coefficient (Wildman–Crippen LogP) is 1.90. The summed E-state index contributed by atoms with van der Waals surface area (Å²) >= 11 is 0. The Morgan fingerprint density at radius 3 is 2.62 bits per heavy atom. The van der Waals surface area contributed by atoms with E-state index in [0.29, 0.717) is 19.0 Å². The molecule has 7 heteroatoms. The molecule has 6 nitrogen and oxygen atoms in total. The maximum atomic E-state index is 13.3.